The van der Waals surface area contributed by atoms with Gasteiger partial charge in [0.25, 0.3) is 6.33 Å². The van der Waals surface area contributed by atoms with Crippen LogP contribution >= 0.6 is 0 Å². The number of aryl methyl sites for hydroxylation is 3. The first kappa shape index (κ1) is 20.2. The molecule has 0 aliphatic heterocycles. The van der Waals surface area contributed by atoms with Gasteiger partial charge >= 0.3 is 0 Å². The molecule has 30 heavy (non-hydrogen) atoms. The number of pyridine rings is 1. The van der Waals surface area contributed by atoms with E-state index < -0.39 is 0 Å². The van der Waals surface area contributed by atoms with Crippen molar-refractivity contribution in [1.29, 1.82) is 0 Å². The molecule has 3 heteroatoms. The third-order valence-corrected chi connectivity index (χ3v) is 5.82. The van der Waals surface area contributed by atoms with E-state index in [2.05, 4.69) is 88.7 Å². The molecule has 3 nitrogen and oxygen atoms in total. The Kier molecular flexibility index (Phi) is 5.38. The van der Waals surface area contributed by atoms with Gasteiger partial charge in [0.05, 0.1) is 12.4 Å². The summed E-state index contributed by atoms with van der Waals surface area (Å²) in [4.78, 5) is 9.53. The fraction of sp³-hybridized carbons (Fsp3) is 0.296. The number of aromatic nitrogens is 3. The van der Waals surface area contributed by atoms with Gasteiger partial charge in [-0.3, -0.25) is 4.98 Å². The number of para-hydroxylation sites is 1. The summed E-state index contributed by atoms with van der Waals surface area (Å²) in [6.07, 6.45) is 4.92. The van der Waals surface area contributed by atoms with Crippen LogP contribution < -0.4 is 4.57 Å². The molecule has 4 aromatic rings. The highest BCUT2D eigenvalue weighted by molar-refractivity contribution is 5.99. The Morgan fingerprint density at radius 2 is 1.73 bits per heavy atom. The number of hydrogen-bond acceptors (Lipinski definition) is 2. The van der Waals surface area contributed by atoms with Gasteiger partial charge in [-0.15, -0.1) is 0 Å². The SMILES string of the molecule is Cc1cc(C)c(C)c(-c2c3cccc(-c4ccc(CC(C)C)nc4)c3nc[n+]2C)c1. The maximum absolute atomic E-state index is 4.82. The molecule has 0 unspecified atom stereocenters. The minimum Gasteiger partial charge on any atom is -0.261 e. The molecule has 2 aromatic heterocycles. The molecule has 0 saturated heterocycles. The maximum atomic E-state index is 4.82. The summed E-state index contributed by atoms with van der Waals surface area (Å²) in [5.41, 5.74) is 10.8. The third-order valence-electron chi connectivity index (χ3n) is 5.82. The molecule has 0 atom stereocenters. The first-order valence-electron chi connectivity index (χ1n) is 10.7. The van der Waals surface area contributed by atoms with E-state index in [1.54, 1.807) is 0 Å². The molecule has 2 aromatic carbocycles. The lowest BCUT2D eigenvalue weighted by atomic mass is 9.94. The molecule has 2 heterocycles. The van der Waals surface area contributed by atoms with Crippen LogP contribution in [0.5, 0.6) is 0 Å². The molecule has 152 valence electrons. The van der Waals surface area contributed by atoms with Crippen molar-refractivity contribution >= 4 is 10.9 Å². The fourth-order valence-electron chi connectivity index (χ4n) is 4.24. The van der Waals surface area contributed by atoms with Gasteiger partial charge in [0, 0.05) is 28.6 Å². The minimum absolute atomic E-state index is 0.603. The Morgan fingerprint density at radius 1 is 0.933 bits per heavy atom. The van der Waals surface area contributed by atoms with E-state index in [4.69, 9.17) is 9.97 Å². The standard InChI is InChI=1S/C27H30N3/c1-17(2)12-22-11-10-21(15-28-22)23-8-7-9-24-26(23)29-16-30(6)27(24)25-14-18(3)13-19(4)20(25)5/h7-11,13-17H,12H2,1-6H3/q+1. The zero-order chi connectivity index (χ0) is 21.4. The Morgan fingerprint density at radius 3 is 2.43 bits per heavy atom. The molecule has 0 fully saturated rings. The van der Waals surface area contributed by atoms with E-state index in [9.17, 15) is 0 Å². The molecule has 0 bridgehead atoms. The summed E-state index contributed by atoms with van der Waals surface area (Å²) in [7, 11) is 2.08. The minimum atomic E-state index is 0.603. The first-order valence-corrected chi connectivity index (χ1v) is 10.7. The van der Waals surface area contributed by atoms with E-state index in [0.717, 1.165) is 34.1 Å². The molecule has 0 saturated carbocycles. The average Bonchev–Trinajstić information content (AvgIpc) is 2.70. The quantitative estimate of drug-likeness (QED) is 0.401. The van der Waals surface area contributed by atoms with Gasteiger partial charge in [-0.2, -0.15) is 0 Å². The molecular weight excluding hydrogens is 366 g/mol. The Labute approximate surface area is 179 Å². The second-order valence-corrected chi connectivity index (χ2v) is 8.80. The van der Waals surface area contributed by atoms with Crippen molar-refractivity contribution < 1.29 is 4.57 Å². The zero-order valence-electron chi connectivity index (χ0n) is 18.8. The number of hydrogen-bond donors (Lipinski definition) is 0. The van der Waals surface area contributed by atoms with Crippen LogP contribution in [0.15, 0.2) is 55.0 Å². The van der Waals surface area contributed by atoms with Gasteiger partial charge in [0.2, 0.25) is 0 Å². The smallest absolute Gasteiger partial charge is 0.261 e. The normalized spacial score (nSPS) is 11.4. The number of benzene rings is 2. The van der Waals surface area contributed by atoms with Gasteiger partial charge in [-0.25, -0.2) is 4.57 Å². The average molecular weight is 397 g/mol. The summed E-state index contributed by atoms with van der Waals surface area (Å²) >= 11 is 0. The first-order chi connectivity index (χ1) is 14.3. The van der Waals surface area contributed by atoms with Gasteiger partial charge in [-0.05, 0) is 73.5 Å². The predicted molar refractivity (Wildman–Crippen MR) is 124 cm³/mol. The van der Waals surface area contributed by atoms with Gasteiger partial charge in [-0.1, -0.05) is 37.6 Å². The fourth-order valence-corrected chi connectivity index (χ4v) is 4.24. The van der Waals surface area contributed by atoms with Gasteiger partial charge in [0.1, 0.15) is 5.69 Å². The summed E-state index contributed by atoms with van der Waals surface area (Å²) in [5, 5.41) is 1.16. The highest BCUT2D eigenvalue weighted by Crippen LogP contribution is 2.33. The molecule has 0 N–H and O–H groups in total. The summed E-state index contributed by atoms with van der Waals surface area (Å²) < 4.78 is 2.14. The van der Waals surface area contributed by atoms with Crippen LogP contribution in [-0.2, 0) is 13.5 Å². The number of nitrogens with zero attached hydrogens (tertiary/aromatic N) is 3. The molecule has 4 rings (SSSR count). The molecular formula is C27H30N3+. The summed E-state index contributed by atoms with van der Waals surface area (Å²) in [6.45, 7) is 11.0. The van der Waals surface area contributed by atoms with Crippen molar-refractivity contribution in [3.63, 3.8) is 0 Å². The van der Waals surface area contributed by atoms with E-state index >= 15 is 0 Å². The highest BCUT2D eigenvalue weighted by atomic mass is 15.0. The maximum Gasteiger partial charge on any atom is 0.287 e. The Hall–Kier alpha value is -3.07. The second-order valence-electron chi connectivity index (χ2n) is 8.80. The van der Waals surface area contributed by atoms with Crippen LogP contribution in [0.4, 0.5) is 0 Å². The predicted octanol–water partition coefficient (Wildman–Crippen LogP) is 5.91. The molecule has 0 spiro atoms. The molecule has 0 amide bonds. The van der Waals surface area contributed by atoms with Crippen molar-refractivity contribution in [2.75, 3.05) is 0 Å². The summed E-state index contributed by atoms with van der Waals surface area (Å²) in [5.74, 6) is 0.603. The Balaban J connectivity index is 1.91. The molecule has 0 radical (unpaired) electrons. The van der Waals surface area contributed by atoms with Crippen LogP contribution in [0, 0.1) is 26.7 Å². The Bertz CT molecular complexity index is 1220. The zero-order valence-corrected chi connectivity index (χ0v) is 18.8. The van der Waals surface area contributed by atoms with Crippen molar-refractivity contribution in [3.8, 4) is 22.4 Å². The largest absolute Gasteiger partial charge is 0.287 e. The highest BCUT2D eigenvalue weighted by Gasteiger charge is 2.20. The van der Waals surface area contributed by atoms with Crippen LogP contribution in [0.25, 0.3) is 33.3 Å². The van der Waals surface area contributed by atoms with Gasteiger partial charge < -0.3 is 0 Å². The van der Waals surface area contributed by atoms with Crippen molar-refractivity contribution in [2.24, 2.45) is 13.0 Å². The van der Waals surface area contributed by atoms with Crippen molar-refractivity contribution in [1.82, 2.24) is 9.97 Å². The second kappa shape index (κ2) is 7.98. The van der Waals surface area contributed by atoms with Crippen LogP contribution in [-0.4, -0.2) is 9.97 Å². The van der Waals surface area contributed by atoms with Gasteiger partial charge in [0.15, 0.2) is 5.52 Å². The third kappa shape index (κ3) is 3.72. The molecule has 0 aliphatic carbocycles. The van der Waals surface area contributed by atoms with E-state index in [1.807, 2.05) is 12.5 Å². The molecule has 0 aliphatic rings. The van der Waals surface area contributed by atoms with Crippen molar-refractivity contribution in [3.05, 3.63) is 77.4 Å². The van der Waals surface area contributed by atoms with Crippen molar-refractivity contribution in [2.45, 2.75) is 41.0 Å². The lowest BCUT2D eigenvalue weighted by Gasteiger charge is -2.13. The number of fused-ring (bicyclic) bond motifs is 1. The van der Waals surface area contributed by atoms with E-state index in [-0.39, 0.29) is 0 Å². The van der Waals surface area contributed by atoms with E-state index in [0.29, 0.717) is 5.92 Å². The van der Waals surface area contributed by atoms with Crippen LogP contribution in [0.2, 0.25) is 0 Å². The van der Waals surface area contributed by atoms with Crippen LogP contribution in [0.3, 0.4) is 0 Å². The van der Waals surface area contributed by atoms with E-state index in [1.165, 1.54) is 27.9 Å². The lowest BCUT2D eigenvalue weighted by Crippen LogP contribution is -2.32. The summed E-state index contributed by atoms with van der Waals surface area (Å²) in [6, 6.07) is 15.3. The number of rotatable bonds is 4. The topological polar surface area (TPSA) is 29.7 Å². The monoisotopic (exact) mass is 396 g/mol. The lowest BCUT2D eigenvalue weighted by molar-refractivity contribution is -0.662. The van der Waals surface area contributed by atoms with Crippen LogP contribution in [0.1, 0.15) is 36.2 Å².